The van der Waals surface area contributed by atoms with Crippen molar-refractivity contribution in [2.45, 2.75) is 70.3 Å². The fraction of sp³-hybridized carbons (Fsp3) is 0.571. The number of aromatic nitrogens is 1. The third-order valence-electron chi connectivity index (χ3n) is 7.64. The average Bonchev–Trinajstić information content (AvgIpc) is 3.07. The van der Waals surface area contributed by atoms with Gasteiger partial charge in [-0.1, -0.05) is 18.6 Å². The Morgan fingerprint density at radius 1 is 1.16 bits per heavy atom. The zero-order valence-electron chi connectivity index (χ0n) is 22.2. The first-order chi connectivity index (χ1) is 18.0. The number of halogens is 3. The van der Waals surface area contributed by atoms with Crippen LogP contribution < -0.4 is 16.2 Å². The summed E-state index contributed by atoms with van der Waals surface area (Å²) in [5, 5.41) is 6.32. The van der Waals surface area contributed by atoms with E-state index in [0.717, 1.165) is 38.4 Å². The topological polar surface area (TPSA) is 75.6 Å². The predicted octanol–water partition coefficient (Wildman–Crippen LogP) is 4.91. The number of nitrogens with one attached hydrogen (secondary N) is 2. The molecule has 7 nitrogen and oxygen atoms in total. The molecule has 2 aliphatic rings. The van der Waals surface area contributed by atoms with E-state index >= 15 is 0 Å². The SMILES string of the molecule is Cc1c([C@@H](C)NC(=O)c2cn(C3CCOCC3)c(=O)cc2NC2CCCCN(C)C2)cccc1C(F)(F)F. The lowest BCUT2D eigenvalue weighted by Crippen LogP contribution is -2.36. The molecule has 0 saturated carbocycles. The molecule has 2 aromatic rings. The van der Waals surface area contributed by atoms with Gasteiger partial charge in [-0.05, 0) is 70.3 Å². The average molecular weight is 535 g/mol. The summed E-state index contributed by atoms with van der Waals surface area (Å²) in [6.07, 6.45) is 1.49. The van der Waals surface area contributed by atoms with Gasteiger partial charge in [-0.25, -0.2) is 0 Å². The molecule has 1 unspecified atom stereocenters. The number of likely N-dealkylation sites (tertiary alicyclic amines) is 1. The van der Waals surface area contributed by atoms with Crippen LogP contribution in [-0.2, 0) is 10.9 Å². The van der Waals surface area contributed by atoms with Crippen LogP contribution in [0.5, 0.6) is 0 Å². The summed E-state index contributed by atoms with van der Waals surface area (Å²) >= 11 is 0. The van der Waals surface area contributed by atoms with Crippen molar-refractivity contribution in [1.82, 2.24) is 14.8 Å². The fourth-order valence-corrected chi connectivity index (χ4v) is 5.55. The second kappa shape index (κ2) is 11.9. The molecule has 2 fully saturated rings. The van der Waals surface area contributed by atoms with Crippen molar-refractivity contribution in [3.05, 3.63) is 63.1 Å². The molecule has 2 aliphatic heterocycles. The number of carbonyl (C=O) groups is 1. The normalized spacial score (nSPS) is 20.5. The fourth-order valence-electron chi connectivity index (χ4n) is 5.55. The van der Waals surface area contributed by atoms with Crippen LogP contribution in [0.2, 0.25) is 0 Å². The van der Waals surface area contributed by atoms with E-state index in [4.69, 9.17) is 4.74 Å². The van der Waals surface area contributed by atoms with Gasteiger partial charge < -0.3 is 24.8 Å². The molecule has 2 atom stereocenters. The van der Waals surface area contributed by atoms with Crippen molar-refractivity contribution in [3.63, 3.8) is 0 Å². The molecule has 2 N–H and O–H groups in total. The summed E-state index contributed by atoms with van der Waals surface area (Å²) < 4.78 is 47.4. The van der Waals surface area contributed by atoms with Gasteiger partial charge in [-0.2, -0.15) is 13.2 Å². The molecule has 0 radical (unpaired) electrons. The number of rotatable bonds is 6. The lowest BCUT2D eigenvalue weighted by atomic mass is 9.97. The molecule has 0 bridgehead atoms. The van der Waals surface area contributed by atoms with Crippen molar-refractivity contribution in [1.29, 1.82) is 0 Å². The molecule has 208 valence electrons. The summed E-state index contributed by atoms with van der Waals surface area (Å²) in [6.45, 7) is 5.94. The number of likely N-dealkylation sites (N-methyl/N-ethyl adjacent to an activating group) is 1. The van der Waals surface area contributed by atoms with Crippen LogP contribution in [0.3, 0.4) is 0 Å². The highest BCUT2D eigenvalue weighted by molar-refractivity contribution is 5.99. The Morgan fingerprint density at radius 2 is 1.89 bits per heavy atom. The lowest BCUT2D eigenvalue weighted by molar-refractivity contribution is -0.138. The largest absolute Gasteiger partial charge is 0.416 e. The van der Waals surface area contributed by atoms with E-state index in [9.17, 15) is 22.8 Å². The maximum Gasteiger partial charge on any atom is 0.416 e. The van der Waals surface area contributed by atoms with Crippen molar-refractivity contribution >= 4 is 11.6 Å². The Labute approximate surface area is 221 Å². The molecule has 1 aromatic heterocycles. The molecule has 3 heterocycles. The minimum atomic E-state index is -4.48. The zero-order valence-corrected chi connectivity index (χ0v) is 22.2. The number of benzene rings is 1. The van der Waals surface area contributed by atoms with E-state index in [1.54, 1.807) is 23.8 Å². The van der Waals surface area contributed by atoms with Crippen LogP contribution in [0.25, 0.3) is 0 Å². The van der Waals surface area contributed by atoms with Gasteiger partial charge in [0.15, 0.2) is 0 Å². The van der Waals surface area contributed by atoms with Gasteiger partial charge in [0.2, 0.25) is 0 Å². The van der Waals surface area contributed by atoms with E-state index in [1.807, 2.05) is 0 Å². The van der Waals surface area contributed by atoms with E-state index in [0.29, 0.717) is 42.9 Å². The molecule has 0 spiro atoms. The van der Waals surface area contributed by atoms with Crippen LogP contribution in [0.15, 0.2) is 35.3 Å². The van der Waals surface area contributed by atoms with Gasteiger partial charge in [-0.15, -0.1) is 0 Å². The van der Waals surface area contributed by atoms with Crippen LogP contribution in [0.4, 0.5) is 18.9 Å². The highest BCUT2D eigenvalue weighted by Gasteiger charge is 2.33. The standard InChI is InChI=1S/C28H37F3N4O3/c1-18-22(8-6-9-24(18)28(29,30)31)19(2)32-27(37)23-17-35(21-10-13-38-14-11-21)26(36)15-25(23)33-20-7-4-5-12-34(3)16-20/h6,8-9,15,17,19-21,33H,4-5,7,10-14,16H2,1-3H3,(H,32,37)/t19-,20?/m1/s1. The molecule has 4 rings (SSSR count). The van der Waals surface area contributed by atoms with Gasteiger partial charge in [0, 0.05) is 44.1 Å². The van der Waals surface area contributed by atoms with Gasteiger partial charge in [0.25, 0.3) is 11.5 Å². The molecular formula is C28H37F3N4O3. The number of anilines is 1. The molecular weight excluding hydrogens is 497 g/mol. The van der Waals surface area contributed by atoms with E-state index in [1.165, 1.54) is 19.1 Å². The van der Waals surface area contributed by atoms with Crippen LogP contribution in [0.1, 0.15) is 78.2 Å². The highest BCUT2D eigenvalue weighted by atomic mass is 19.4. The summed E-state index contributed by atoms with van der Waals surface area (Å²) in [5.41, 5.74) is 0.317. The highest BCUT2D eigenvalue weighted by Crippen LogP contribution is 2.34. The van der Waals surface area contributed by atoms with E-state index in [2.05, 4.69) is 22.6 Å². The monoisotopic (exact) mass is 534 g/mol. The van der Waals surface area contributed by atoms with Crippen molar-refractivity contribution in [2.24, 2.45) is 0 Å². The number of hydrogen-bond donors (Lipinski definition) is 2. The molecule has 1 aromatic carbocycles. The molecule has 38 heavy (non-hydrogen) atoms. The van der Waals surface area contributed by atoms with Crippen LogP contribution >= 0.6 is 0 Å². The number of amides is 1. The summed E-state index contributed by atoms with van der Waals surface area (Å²) in [6, 6.07) is 4.79. The quantitative estimate of drug-likeness (QED) is 0.551. The first-order valence-electron chi connectivity index (χ1n) is 13.3. The number of alkyl halides is 3. The Hall–Kier alpha value is -2.85. The first-order valence-corrected chi connectivity index (χ1v) is 13.3. The van der Waals surface area contributed by atoms with E-state index < -0.39 is 23.7 Å². The van der Waals surface area contributed by atoms with Gasteiger partial charge in [0.1, 0.15) is 0 Å². The second-order valence-electron chi connectivity index (χ2n) is 10.5. The van der Waals surface area contributed by atoms with Crippen LogP contribution in [0, 0.1) is 6.92 Å². The minimum Gasteiger partial charge on any atom is -0.381 e. The minimum absolute atomic E-state index is 0.0653. The summed E-state index contributed by atoms with van der Waals surface area (Å²) in [4.78, 5) is 29.0. The van der Waals surface area contributed by atoms with Gasteiger partial charge >= 0.3 is 6.18 Å². The third kappa shape index (κ3) is 6.58. The lowest BCUT2D eigenvalue weighted by Gasteiger charge is -2.27. The smallest absolute Gasteiger partial charge is 0.381 e. The number of pyridine rings is 1. The maximum atomic E-state index is 13.6. The second-order valence-corrected chi connectivity index (χ2v) is 10.5. The zero-order chi connectivity index (χ0) is 27.4. The van der Waals surface area contributed by atoms with Crippen molar-refractivity contribution in [3.8, 4) is 0 Å². The van der Waals surface area contributed by atoms with E-state index in [-0.39, 0.29) is 23.2 Å². The van der Waals surface area contributed by atoms with Crippen molar-refractivity contribution in [2.75, 3.05) is 38.7 Å². The summed E-state index contributed by atoms with van der Waals surface area (Å²) in [5.74, 6) is -0.445. The Bertz CT molecular complexity index is 1190. The predicted molar refractivity (Wildman–Crippen MR) is 141 cm³/mol. The number of carbonyl (C=O) groups excluding carboxylic acids is 1. The number of ether oxygens (including phenoxy) is 1. The first kappa shape index (κ1) is 28.2. The molecule has 0 aliphatic carbocycles. The number of nitrogens with zero attached hydrogens (tertiary/aromatic N) is 2. The number of hydrogen-bond acceptors (Lipinski definition) is 5. The molecule has 10 heteroatoms. The van der Waals surface area contributed by atoms with Crippen LogP contribution in [-0.4, -0.2) is 54.8 Å². The molecule has 2 saturated heterocycles. The third-order valence-corrected chi connectivity index (χ3v) is 7.64. The van der Waals surface area contributed by atoms with Gasteiger partial charge in [-0.3, -0.25) is 9.59 Å². The Balaban J connectivity index is 1.65. The Kier molecular flexibility index (Phi) is 8.82. The Morgan fingerprint density at radius 3 is 2.61 bits per heavy atom. The summed E-state index contributed by atoms with van der Waals surface area (Å²) in [7, 11) is 2.05. The van der Waals surface area contributed by atoms with Crippen molar-refractivity contribution < 1.29 is 22.7 Å². The molecule has 1 amide bonds. The maximum absolute atomic E-state index is 13.6. The van der Waals surface area contributed by atoms with Gasteiger partial charge in [0.05, 0.1) is 22.9 Å².